The van der Waals surface area contributed by atoms with Crippen molar-refractivity contribution in [1.29, 1.82) is 0 Å². The Bertz CT molecular complexity index is 571. The standard InChI is InChI=1S/C9H11N7O2/c1-5-11-9(18-14-5)12-8(17)7-4-16(15-13-7)6-2-10-3-6/h4,6,10H,2-3H2,1H3,(H,11,12,14,17). The Morgan fingerprint density at radius 1 is 1.61 bits per heavy atom. The first kappa shape index (κ1) is 10.8. The second-order valence-electron chi connectivity index (χ2n) is 4.00. The van der Waals surface area contributed by atoms with Gasteiger partial charge < -0.3 is 9.84 Å². The lowest BCUT2D eigenvalue weighted by molar-refractivity contribution is 0.101. The van der Waals surface area contributed by atoms with Crippen LogP contribution < -0.4 is 10.6 Å². The summed E-state index contributed by atoms with van der Waals surface area (Å²) in [7, 11) is 0. The van der Waals surface area contributed by atoms with Gasteiger partial charge in [-0.2, -0.15) is 4.98 Å². The fourth-order valence-electron chi connectivity index (χ4n) is 1.53. The Balaban J connectivity index is 1.70. The van der Waals surface area contributed by atoms with E-state index in [0.717, 1.165) is 13.1 Å². The fourth-order valence-corrected chi connectivity index (χ4v) is 1.53. The minimum Gasteiger partial charge on any atom is -0.315 e. The average molecular weight is 249 g/mol. The van der Waals surface area contributed by atoms with Gasteiger partial charge in [-0.05, 0) is 6.92 Å². The van der Waals surface area contributed by atoms with Gasteiger partial charge >= 0.3 is 6.01 Å². The summed E-state index contributed by atoms with van der Waals surface area (Å²) in [5.41, 5.74) is 0.220. The number of carbonyl (C=O) groups excluding carboxylic acids is 1. The minimum atomic E-state index is -0.419. The lowest BCUT2D eigenvalue weighted by atomic mass is 10.2. The van der Waals surface area contributed by atoms with Crippen molar-refractivity contribution in [2.45, 2.75) is 13.0 Å². The van der Waals surface area contributed by atoms with Gasteiger partial charge in [0, 0.05) is 13.1 Å². The van der Waals surface area contributed by atoms with Crippen LogP contribution in [-0.4, -0.2) is 44.1 Å². The highest BCUT2D eigenvalue weighted by atomic mass is 16.5. The molecule has 0 unspecified atom stereocenters. The molecule has 1 amide bonds. The van der Waals surface area contributed by atoms with Crippen LogP contribution >= 0.6 is 0 Å². The van der Waals surface area contributed by atoms with E-state index in [0.29, 0.717) is 5.82 Å². The average Bonchev–Trinajstić information content (AvgIpc) is 2.86. The van der Waals surface area contributed by atoms with Crippen molar-refractivity contribution in [2.75, 3.05) is 18.4 Å². The van der Waals surface area contributed by atoms with Crippen LogP contribution in [-0.2, 0) is 0 Å². The van der Waals surface area contributed by atoms with E-state index >= 15 is 0 Å². The normalized spacial score (nSPS) is 15.4. The first-order valence-corrected chi connectivity index (χ1v) is 5.46. The van der Waals surface area contributed by atoms with Crippen LogP contribution in [0.2, 0.25) is 0 Å². The summed E-state index contributed by atoms with van der Waals surface area (Å²) in [5, 5.41) is 16.9. The monoisotopic (exact) mass is 249 g/mol. The van der Waals surface area contributed by atoms with Gasteiger partial charge in [-0.1, -0.05) is 10.4 Å². The largest absolute Gasteiger partial charge is 0.328 e. The van der Waals surface area contributed by atoms with Crippen molar-refractivity contribution in [3.05, 3.63) is 17.7 Å². The molecule has 1 saturated heterocycles. The molecular weight excluding hydrogens is 238 g/mol. The summed E-state index contributed by atoms with van der Waals surface area (Å²) >= 11 is 0. The highest BCUT2D eigenvalue weighted by Gasteiger charge is 2.22. The van der Waals surface area contributed by atoms with Crippen LogP contribution in [0.5, 0.6) is 0 Å². The van der Waals surface area contributed by atoms with Crippen molar-refractivity contribution in [3.8, 4) is 0 Å². The SMILES string of the molecule is Cc1noc(NC(=O)c2cn(C3CNC3)nn2)n1. The van der Waals surface area contributed by atoms with Gasteiger partial charge in [-0.3, -0.25) is 10.1 Å². The van der Waals surface area contributed by atoms with Crippen LogP contribution in [0.15, 0.2) is 10.7 Å². The van der Waals surface area contributed by atoms with Crippen LogP contribution in [0.4, 0.5) is 6.01 Å². The molecule has 1 aliphatic rings. The molecule has 0 spiro atoms. The molecule has 9 nitrogen and oxygen atoms in total. The lowest BCUT2D eigenvalue weighted by Gasteiger charge is -2.26. The van der Waals surface area contributed by atoms with E-state index in [1.807, 2.05) is 0 Å². The number of nitrogens with zero attached hydrogens (tertiary/aromatic N) is 5. The highest BCUT2D eigenvalue weighted by molar-refractivity contribution is 6.01. The number of anilines is 1. The Morgan fingerprint density at radius 2 is 2.44 bits per heavy atom. The zero-order valence-corrected chi connectivity index (χ0v) is 9.62. The number of amides is 1. The van der Waals surface area contributed by atoms with E-state index in [-0.39, 0.29) is 17.8 Å². The third-order valence-corrected chi connectivity index (χ3v) is 2.63. The number of aryl methyl sites for hydroxylation is 1. The second-order valence-corrected chi connectivity index (χ2v) is 4.00. The molecule has 3 rings (SSSR count). The molecule has 0 bridgehead atoms. The smallest absolute Gasteiger partial charge is 0.315 e. The first-order valence-electron chi connectivity index (χ1n) is 5.46. The van der Waals surface area contributed by atoms with Gasteiger partial charge in [-0.25, -0.2) is 4.68 Å². The van der Waals surface area contributed by atoms with E-state index < -0.39 is 5.91 Å². The molecule has 94 valence electrons. The highest BCUT2D eigenvalue weighted by Crippen LogP contribution is 2.10. The quantitative estimate of drug-likeness (QED) is 0.744. The zero-order valence-electron chi connectivity index (χ0n) is 9.62. The van der Waals surface area contributed by atoms with E-state index in [1.54, 1.807) is 17.8 Å². The predicted octanol–water partition coefficient (Wildman–Crippen LogP) is -0.634. The van der Waals surface area contributed by atoms with Crippen molar-refractivity contribution in [2.24, 2.45) is 0 Å². The summed E-state index contributed by atoms with van der Waals surface area (Å²) in [6.07, 6.45) is 1.60. The maximum absolute atomic E-state index is 11.8. The third kappa shape index (κ3) is 1.95. The molecule has 18 heavy (non-hydrogen) atoms. The summed E-state index contributed by atoms with van der Waals surface area (Å²) < 4.78 is 6.46. The molecule has 2 N–H and O–H groups in total. The first-order chi connectivity index (χ1) is 8.72. The number of hydrogen-bond acceptors (Lipinski definition) is 7. The van der Waals surface area contributed by atoms with Gasteiger partial charge in [0.2, 0.25) is 0 Å². The number of rotatable bonds is 3. The Kier molecular flexibility index (Phi) is 2.52. The maximum atomic E-state index is 11.8. The number of carbonyl (C=O) groups is 1. The fraction of sp³-hybridized carbons (Fsp3) is 0.444. The number of aromatic nitrogens is 5. The molecule has 9 heteroatoms. The van der Waals surface area contributed by atoms with E-state index in [4.69, 9.17) is 4.52 Å². The van der Waals surface area contributed by atoms with Crippen molar-refractivity contribution >= 4 is 11.9 Å². The van der Waals surface area contributed by atoms with E-state index in [1.165, 1.54) is 0 Å². The van der Waals surface area contributed by atoms with Gasteiger partial charge in [-0.15, -0.1) is 5.10 Å². The topological polar surface area (TPSA) is 111 Å². The van der Waals surface area contributed by atoms with Crippen LogP contribution in [0.3, 0.4) is 0 Å². The van der Waals surface area contributed by atoms with Gasteiger partial charge in [0.05, 0.1) is 12.2 Å². The Labute approximate surface area is 102 Å². The minimum absolute atomic E-state index is 0.0531. The van der Waals surface area contributed by atoms with E-state index in [2.05, 4.69) is 31.1 Å². The molecule has 0 aromatic carbocycles. The third-order valence-electron chi connectivity index (χ3n) is 2.63. The van der Waals surface area contributed by atoms with Crippen LogP contribution in [0, 0.1) is 6.92 Å². The Morgan fingerprint density at radius 3 is 3.06 bits per heavy atom. The Hall–Kier alpha value is -2.29. The number of hydrogen-bond donors (Lipinski definition) is 2. The van der Waals surface area contributed by atoms with Gasteiger partial charge in [0.25, 0.3) is 5.91 Å². The second kappa shape index (κ2) is 4.18. The van der Waals surface area contributed by atoms with Gasteiger partial charge in [0.15, 0.2) is 11.5 Å². The lowest BCUT2D eigenvalue weighted by Crippen LogP contribution is -2.43. The molecule has 1 fully saturated rings. The van der Waals surface area contributed by atoms with E-state index in [9.17, 15) is 4.79 Å². The summed E-state index contributed by atoms with van der Waals surface area (Å²) in [6.45, 7) is 3.35. The van der Waals surface area contributed by atoms with Crippen molar-refractivity contribution < 1.29 is 9.32 Å². The molecular formula is C9H11N7O2. The van der Waals surface area contributed by atoms with Crippen molar-refractivity contribution in [3.63, 3.8) is 0 Å². The molecule has 0 aliphatic carbocycles. The summed E-state index contributed by atoms with van der Waals surface area (Å²) in [4.78, 5) is 15.7. The molecule has 2 aromatic heterocycles. The van der Waals surface area contributed by atoms with Crippen molar-refractivity contribution in [1.82, 2.24) is 30.5 Å². The molecule has 3 heterocycles. The molecule has 0 radical (unpaired) electrons. The molecule has 1 aliphatic heterocycles. The zero-order chi connectivity index (χ0) is 12.5. The molecule has 2 aromatic rings. The molecule has 0 saturated carbocycles. The maximum Gasteiger partial charge on any atom is 0.328 e. The van der Waals surface area contributed by atoms with Crippen LogP contribution in [0.1, 0.15) is 22.4 Å². The molecule has 0 atom stereocenters. The number of nitrogens with one attached hydrogen (secondary N) is 2. The van der Waals surface area contributed by atoms with Crippen LogP contribution in [0.25, 0.3) is 0 Å². The summed E-state index contributed by atoms with van der Waals surface area (Å²) in [6, 6.07) is 0.321. The predicted molar refractivity (Wildman–Crippen MR) is 58.9 cm³/mol. The van der Waals surface area contributed by atoms with Gasteiger partial charge in [0.1, 0.15) is 0 Å². The summed E-state index contributed by atoms with van der Waals surface area (Å²) in [5.74, 6) is 0.0340.